The lowest BCUT2D eigenvalue weighted by molar-refractivity contribution is -0.141. The third-order valence-electron chi connectivity index (χ3n) is 6.13. The first-order valence-electron chi connectivity index (χ1n) is 11.8. The summed E-state index contributed by atoms with van der Waals surface area (Å²) in [4.78, 5) is 42.0. The van der Waals surface area contributed by atoms with Gasteiger partial charge in [0.15, 0.2) is 0 Å². The number of nitrogens with one attached hydrogen (secondary N) is 2. The van der Waals surface area contributed by atoms with Gasteiger partial charge < -0.3 is 20.3 Å². The summed E-state index contributed by atoms with van der Waals surface area (Å²) in [7, 11) is 1.98. The monoisotopic (exact) mass is 520 g/mol. The Morgan fingerprint density at radius 1 is 1.29 bits per heavy atom. The van der Waals surface area contributed by atoms with Crippen LogP contribution in [0.25, 0.3) is 10.4 Å². The normalized spacial score (nSPS) is 17.2. The Morgan fingerprint density at radius 3 is 2.43 bits per heavy atom. The van der Waals surface area contributed by atoms with E-state index < -0.39 is 11.5 Å². The molecular formula is C26H37ClN4O3S. The largest absolute Gasteiger partial charge is 0.343 e. The van der Waals surface area contributed by atoms with Gasteiger partial charge in [-0.15, -0.1) is 22.9 Å². The van der Waals surface area contributed by atoms with Crippen molar-refractivity contribution in [2.24, 2.45) is 5.41 Å². The van der Waals surface area contributed by atoms with E-state index in [2.05, 4.69) is 53.7 Å². The van der Waals surface area contributed by atoms with Crippen molar-refractivity contribution in [3.63, 3.8) is 0 Å². The Hall–Kier alpha value is -2.29. The zero-order valence-corrected chi connectivity index (χ0v) is 23.0. The minimum atomic E-state index is -0.667. The third kappa shape index (κ3) is 7.85. The highest BCUT2D eigenvalue weighted by Gasteiger charge is 2.39. The molecule has 1 aromatic heterocycles. The topological polar surface area (TPSA) is 91.4 Å². The highest BCUT2D eigenvalue weighted by Crippen LogP contribution is 2.28. The molecule has 3 unspecified atom stereocenters. The molecule has 2 heterocycles. The Morgan fingerprint density at radius 2 is 1.94 bits per heavy atom. The van der Waals surface area contributed by atoms with Gasteiger partial charge in [0.1, 0.15) is 18.2 Å². The molecule has 7 nitrogen and oxygen atoms in total. The minimum Gasteiger partial charge on any atom is -0.343 e. The summed E-state index contributed by atoms with van der Waals surface area (Å²) in [6.07, 6.45) is 2.30. The van der Waals surface area contributed by atoms with E-state index in [1.165, 1.54) is 16.0 Å². The smallest absolute Gasteiger partial charge is 0.246 e. The summed E-state index contributed by atoms with van der Waals surface area (Å²) in [6.45, 7) is 10.4. The summed E-state index contributed by atoms with van der Waals surface area (Å²) < 4.78 is 0. The van der Waals surface area contributed by atoms with E-state index in [4.69, 9.17) is 11.6 Å². The van der Waals surface area contributed by atoms with Gasteiger partial charge in [-0.05, 0) is 50.3 Å². The average molecular weight is 521 g/mol. The maximum absolute atomic E-state index is 12.5. The maximum Gasteiger partial charge on any atom is 0.246 e. The SMILES string of the molecule is CC(C)(C)C(NC(=O)CCl)C(=O)N1CCCC1C=O.CNC(C)c1ccc(-c2scnc2C)cc1. The number of rotatable bonds is 7. The second-order valence-corrected chi connectivity index (χ2v) is 10.9. The van der Waals surface area contributed by atoms with Crippen LogP contribution in [0.1, 0.15) is 57.8 Å². The van der Waals surface area contributed by atoms with E-state index >= 15 is 0 Å². The average Bonchev–Trinajstić information content (AvgIpc) is 3.50. The molecule has 3 atom stereocenters. The molecule has 3 rings (SSSR count). The zero-order chi connectivity index (χ0) is 26.2. The van der Waals surface area contributed by atoms with Gasteiger partial charge >= 0.3 is 0 Å². The maximum atomic E-state index is 12.5. The lowest BCUT2D eigenvalue weighted by Gasteiger charge is -2.34. The molecule has 192 valence electrons. The van der Waals surface area contributed by atoms with Crippen LogP contribution in [0.15, 0.2) is 29.8 Å². The van der Waals surface area contributed by atoms with Crippen LogP contribution in [0.2, 0.25) is 0 Å². The predicted molar refractivity (Wildman–Crippen MR) is 143 cm³/mol. The van der Waals surface area contributed by atoms with E-state index in [1.807, 2.05) is 33.3 Å². The molecule has 0 spiro atoms. The van der Waals surface area contributed by atoms with Crippen LogP contribution in [0.5, 0.6) is 0 Å². The van der Waals surface area contributed by atoms with Crippen LogP contribution in [0.3, 0.4) is 0 Å². The Bertz CT molecular complexity index is 987. The Kier molecular flexibility index (Phi) is 10.9. The van der Waals surface area contributed by atoms with Crippen molar-refractivity contribution in [3.8, 4) is 10.4 Å². The van der Waals surface area contributed by atoms with E-state index in [9.17, 15) is 14.4 Å². The molecule has 0 radical (unpaired) electrons. The van der Waals surface area contributed by atoms with Gasteiger partial charge in [0.2, 0.25) is 11.8 Å². The number of carbonyl (C=O) groups is 3. The number of hydrogen-bond acceptors (Lipinski definition) is 6. The fourth-order valence-electron chi connectivity index (χ4n) is 3.89. The van der Waals surface area contributed by atoms with Crippen molar-refractivity contribution >= 4 is 41.0 Å². The lowest BCUT2D eigenvalue weighted by Crippen LogP contribution is -2.56. The van der Waals surface area contributed by atoms with Gasteiger partial charge in [-0.3, -0.25) is 9.59 Å². The number of alkyl halides is 1. The minimum absolute atomic E-state index is 0.184. The van der Waals surface area contributed by atoms with Gasteiger partial charge in [0.05, 0.1) is 22.1 Å². The number of thiazole rings is 1. The van der Waals surface area contributed by atoms with E-state index in [-0.39, 0.29) is 23.7 Å². The van der Waals surface area contributed by atoms with Crippen LogP contribution in [-0.4, -0.2) is 59.5 Å². The van der Waals surface area contributed by atoms with Crippen molar-refractivity contribution < 1.29 is 14.4 Å². The van der Waals surface area contributed by atoms with Crippen molar-refractivity contribution in [1.82, 2.24) is 20.5 Å². The highest BCUT2D eigenvalue weighted by molar-refractivity contribution is 7.13. The predicted octanol–water partition coefficient (Wildman–Crippen LogP) is 4.34. The number of hydrogen-bond donors (Lipinski definition) is 2. The molecule has 2 N–H and O–H groups in total. The second kappa shape index (κ2) is 13.1. The van der Waals surface area contributed by atoms with Crippen molar-refractivity contribution in [1.29, 1.82) is 0 Å². The molecule has 1 fully saturated rings. The quantitative estimate of drug-likeness (QED) is 0.418. The summed E-state index contributed by atoms with van der Waals surface area (Å²) in [6, 6.07) is 8.06. The van der Waals surface area contributed by atoms with Crippen molar-refractivity contribution in [2.75, 3.05) is 19.5 Å². The van der Waals surface area contributed by atoms with Crippen LogP contribution in [-0.2, 0) is 14.4 Å². The van der Waals surface area contributed by atoms with Crippen molar-refractivity contribution in [2.45, 2.75) is 65.6 Å². The van der Waals surface area contributed by atoms with Crippen LogP contribution in [0.4, 0.5) is 0 Å². The van der Waals surface area contributed by atoms with Gasteiger partial charge in [-0.1, -0.05) is 45.0 Å². The first-order valence-corrected chi connectivity index (χ1v) is 13.2. The number of carbonyl (C=O) groups excluding carboxylic acids is 3. The molecular weight excluding hydrogens is 484 g/mol. The lowest BCUT2D eigenvalue weighted by atomic mass is 9.85. The number of aldehydes is 1. The van der Waals surface area contributed by atoms with Crippen LogP contribution < -0.4 is 10.6 Å². The van der Waals surface area contributed by atoms with E-state index in [0.29, 0.717) is 19.0 Å². The summed E-state index contributed by atoms with van der Waals surface area (Å²) in [5, 5.41) is 5.89. The molecule has 9 heteroatoms. The standard InChI is InChI=1S/C13H21ClN2O3.C13H16N2S/c1-13(2,3)11(15-10(18)7-14)12(19)16-6-4-5-9(16)8-17;1-9(14-3)11-4-6-12(7-5-11)13-10(2)15-8-16-13/h8-9,11H,4-7H2,1-3H3,(H,15,18);4-9,14H,1-3H3. The van der Waals surface area contributed by atoms with Gasteiger partial charge in [-0.25, -0.2) is 4.98 Å². The third-order valence-corrected chi connectivity index (χ3v) is 7.35. The number of aryl methyl sites for hydroxylation is 1. The Balaban J connectivity index is 0.000000250. The van der Waals surface area contributed by atoms with Crippen molar-refractivity contribution in [3.05, 3.63) is 41.0 Å². The molecule has 1 aromatic carbocycles. The molecule has 1 aliphatic rings. The number of amides is 2. The number of nitrogens with zero attached hydrogens (tertiary/aromatic N) is 2. The van der Waals surface area contributed by atoms with Gasteiger partial charge in [0.25, 0.3) is 0 Å². The zero-order valence-electron chi connectivity index (χ0n) is 21.4. The van der Waals surface area contributed by atoms with E-state index in [1.54, 1.807) is 16.2 Å². The molecule has 35 heavy (non-hydrogen) atoms. The Labute approximate surface area is 217 Å². The molecule has 0 saturated carbocycles. The molecule has 1 saturated heterocycles. The summed E-state index contributed by atoms with van der Waals surface area (Å²) >= 11 is 7.17. The fourth-order valence-corrected chi connectivity index (χ4v) is 4.78. The van der Waals surface area contributed by atoms with E-state index in [0.717, 1.165) is 18.4 Å². The number of likely N-dealkylation sites (tertiary alicyclic amines) is 1. The van der Waals surface area contributed by atoms with Crippen LogP contribution in [0, 0.1) is 12.3 Å². The molecule has 2 aromatic rings. The summed E-state index contributed by atoms with van der Waals surface area (Å²) in [5.74, 6) is -0.769. The van der Waals surface area contributed by atoms with Gasteiger partial charge in [0, 0.05) is 12.6 Å². The molecule has 1 aliphatic heterocycles. The first kappa shape index (κ1) is 28.9. The fraction of sp³-hybridized carbons (Fsp3) is 0.538. The number of halogens is 1. The van der Waals surface area contributed by atoms with Gasteiger partial charge in [-0.2, -0.15) is 0 Å². The highest BCUT2D eigenvalue weighted by atomic mass is 35.5. The molecule has 0 bridgehead atoms. The molecule has 2 amide bonds. The second-order valence-electron chi connectivity index (χ2n) is 9.78. The molecule has 0 aliphatic carbocycles. The number of aromatic nitrogens is 1. The first-order chi connectivity index (χ1) is 16.5. The van der Waals surface area contributed by atoms with Crippen LogP contribution >= 0.6 is 22.9 Å². The number of benzene rings is 1. The summed E-state index contributed by atoms with van der Waals surface area (Å²) in [5.41, 5.74) is 5.14.